The Kier molecular flexibility index (Phi) is 7.26. The number of hydrogen-bond acceptors (Lipinski definition) is 5. The summed E-state index contributed by atoms with van der Waals surface area (Å²) in [5.41, 5.74) is 8.77. The van der Waals surface area contributed by atoms with Crippen molar-refractivity contribution in [1.82, 2.24) is 14.9 Å². The molecule has 2 aromatic rings. The van der Waals surface area contributed by atoms with Gasteiger partial charge in [-0.3, -0.25) is 9.59 Å². The number of likely N-dealkylation sites (tertiary alicyclic amines) is 1. The number of primary amides is 1. The number of nitrogens with zero attached hydrogens (tertiary/aromatic N) is 4. The highest BCUT2D eigenvalue weighted by atomic mass is 16.2. The molecule has 0 unspecified atom stereocenters. The first-order chi connectivity index (χ1) is 15.9. The first kappa shape index (κ1) is 23.2. The van der Waals surface area contributed by atoms with E-state index in [1.54, 1.807) is 6.07 Å². The van der Waals surface area contributed by atoms with E-state index in [2.05, 4.69) is 4.98 Å². The molecule has 2 heterocycles. The number of carbonyl (C=O) groups excluding carboxylic acids is 2. The van der Waals surface area contributed by atoms with Crippen molar-refractivity contribution < 1.29 is 9.59 Å². The van der Waals surface area contributed by atoms with E-state index < -0.39 is 5.91 Å². The Balaban J connectivity index is 1.49. The number of piperidine rings is 1. The second-order valence-corrected chi connectivity index (χ2v) is 9.65. The van der Waals surface area contributed by atoms with Gasteiger partial charge in [0.15, 0.2) is 0 Å². The van der Waals surface area contributed by atoms with E-state index in [-0.39, 0.29) is 5.92 Å². The molecule has 1 saturated heterocycles. The fraction of sp³-hybridized carbons (Fsp3) is 0.538. The zero-order chi connectivity index (χ0) is 23.4. The molecule has 2 N–H and O–H groups in total. The average Bonchev–Trinajstić information content (AvgIpc) is 3.36. The molecule has 1 aliphatic carbocycles. The molecule has 0 atom stereocenters. The fourth-order valence-corrected chi connectivity index (χ4v) is 5.16. The van der Waals surface area contributed by atoms with Crippen molar-refractivity contribution >= 4 is 17.8 Å². The van der Waals surface area contributed by atoms with Crippen LogP contribution in [0.4, 0.5) is 5.95 Å². The third-order valence-electron chi connectivity index (χ3n) is 7.14. The van der Waals surface area contributed by atoms with Crippen molar-refractivity contribution in [3.8, 4) is 11.1 Å². The highest BCUT2D eigenvalue weighted by Crippen LogP contribution is 2.35. The van der Waals surface area contributed by atoms with Crippen LogP contribution < -0.4 is 10.6 Å². The first-order valence-corrected chi connectivity index (χ1v) is 12.1. The summed E-state index contributed by atoms with van der Waals surface area (Å²) in [6.45, 7) is 1.52. The average molecular weight is 450 g/mol. The van der Waals surface area contributed by atoms with E-state index in [1.165, 1.54) is 25.7 Å². The molecule has 1 saturated carbocycles. The predicted molar refractivity (Wildman–Crippen MR) is 130 cm³/mol. The van der Waals surface area contributed by atoms with E-state index in [0.29, 0.717) is 23.8 Å². The van der Waals surface area contributed by atoms with Gasteiger partial charge in [0.2, 0.25) is 17.8 Å². The minimum Gasteiger partial charge on any atom is -0.366 e. The largest absolute Gasteiger partial charge is 0.366 e. The molecule has 1 aromatic heterocycles. The van der Waals surface area contributed by atoms with Crippen molar-refractivity contribution in [2.24, 2.45) is 11.7 Å². The molecule has 2 fully saturated rings. The highest BCUT2D eigenvalue weighted by molar-refractivity contribution is 5.94. The van der Waals surface area contributed by atoms with E-state index in [4.69, 9.17) is 10.7 Å². The highest BCUT2D eigenvalue weighted by Gasteiger charge is 2.28. The van der Waals surface area contributed by atoms with Crippen LogP contribution in [0.25, 0.3) is 11.1 Å². The van der Waals surface area contributed by atoms with E-state index in [9.17, 15) is 9.59 Å². The number of anilines is 1. The van der Waals surface area contributed by atoms with Gasteiger partial charge in [-0.25, -0.2) is 9.97 Å². The summed E-state index contributed by atoms with van der Waals surface area (Å²) in [7, 11) is 3.86. The van der Waals surface area contributed by atoms with Gasteiger partial charge >= 0.3 is 0 Å². The number of hydrogen-bond donors (Lipinski definition) is 1. The van der Waals surface area contributed by atoms with Crippen LogP contribution in [0.15, 0.2) is 30.5 Å². The SMILES string of the molecule is CN(C)c1ncc(-c2cccc(C(N)=O)c2)c(C2CCN(C(=O)CCC3CCCC3)CC2)n1. The van der Waals surface area contributed by atoms with Gasteiger partial charge in [0, 0.05) is 56.8 Å². The van der Waals surface area contributed by atoms with Crippen molar-refractivity contribution in [1.29, 1.82) is 0 Å². The van der Waals surface area contributed by atoms with Gasteiger partial charge in [-0.2, -0.15) is 0 Å². The zero-order valence-electron chi connectivity index (χ0n) is 19.8. The van der Waals surface area contributed by atoms with Crippen LogP contribution in [-0.4, -0.2) is 53.9 Å². The Morgan fingerprint density at radius 2 is 1.85 bits per heavy atom. The monoisotopic (exact) mass is 449 g/mol. The maximum atomic E-state index is 12.8. The number of nitrogens with two attached hydrogens (primary N) is 1. The quantitative estimate of drug-likeness (QED) is 0.690. The minimum atomic E-state index is -0.450. The molecule has 176 valence electrons. The molecule has 1 aliphatic heterocycles. The van der Waals surface area contributed by atoms with Gasteiger partial charge in [-0.05, 0) is 42.9 Å². The Hall–Kier alpha value is -2.96. The molecule has 4 rings (SSSR count). The summed E-state index contributed by atoms with van der Waals surface area (Å²) in [6.07, 6.45) is 10.5. The van der Waals surface area contributed by atoms with Crippen molar-refractivity contribution in [3.63, 3.8) is 0 Å². The van der Waals surface area contributed by atoms with E-state index >= 15 is 0 Å². The topological polar surface area (TPSA) is 92.4 Å². The minimum absolute atomic E-state index is 0.234. The number of benzene rings is 1. The summed E-state index contributed by atoms with van der Waals surface area (Å²) in [4.78, 5) is 37.8. The van der Waals surface area contributed by atoms with Crippen LogP contribution in [0.1, 0.15) is 73.3 Å². The molecule has 2 aliphatic rings. The molecule has 2 amide bonds. The molecule has 33 heavy (non-hydrogen) atoms. The second-order valence-electron chi connectivity index (χ2n) is 9.65. The molecule has 1 aromatic carbocycles. The second kappa shape index (κ2) is 10.3. The van der Waals surface area contributed by atoms with Gasteiger partial charge in [0.1, 0.15) is 0 Å². The predicted octanol–water partition coefficient (Wildman–Crippen LogP) is 3.98. The van der Waals surface area contributed by atoms with E-state index in [1.807, 2.05) is 48.3 Å². The zero-order valence-corrected chi connectivity index (χ0v) is 19.8. The Labute approximate surface area is 196 Å². The summed E-state index contributed by atoms with van der Waals surface area (Å²) < 4.78 is 0. The lowest BCUT2D eigenvalue weighted by atomic mass is 9.88. The van der Waals surface area contributed by atoms with Crippen molar-refractivity contribution in [2.45, 2.75) is 57.3 Å². The number of aromatic nitrogens is 2. The number of amides is 2. The molecule has 7 nitrogen and oxygen atoms in total. The lowest BCUT2D eigenvalue weighted by Gasteiger charge is -2.33. The molecular weight excluding hydrogens is 414 g/mol. The van der Waals surface area contributed by atoms with Crippen LogP contribution in [-0.2, 0) is 4.79 Å². The van der Waals surface area contributed by atoms with Crippen LogP contribution in [0.3, 0.4) is 0 Å². The Morgan fingerprint density at radius 3 is 2.52 bits per heavy atom. The lowest BCUT2D eigenvalue weighted by molar-refractivity contribution is -0.132. The van der Waals surface area contributed by atoms with Crippen LogP contribution in [0.5, 0.6) is 0 Å². The molecular formula is C26H35N5O2. The smallest absolute Gasteiger partial charge is 0.248 e. The van der Waals surface area contributed by atoms with Crippen molar-refractivity contribution in [2.75, 3.05) is 32.1 Å². The van der Waals surface area contributed by atoms with Gasteiger partial charge in [0.25, 0.3) is 0 Å². The molecule has 0 bridgehead atoms. The normalized spacial score (nSPS) is 17.3. The third-order valence-corrected chi connectivity index (χ3v) is 7.14. The standard InChI is InChI=1S/C26H35N5O2/c1-30(2)26-28-17-22(20-8-5-9-21(16-20)25(27)33)24(29-26)19-12-14-31(15-13-19)23(32)11-10-18-6-3-4-7-18/h5,8-9,16-19H,3-4,6-7,10-15H2,1-2H3,(H2,27,33). The third kappa shape index (κ3) is 5.52. The Bertz CT molecular complexity index is 992. The summed E-state index contributed by atoms with van der Waals surface area (Å²) in [5.74, 6) is 1.49. The summed E-state index contributed by atoms with van der Waals surface area (Å²) >= 11 is 0. The first-order valence-electron chi connectivity index (χ1n) is 12.1. The summed E-state index contributed by atoms with van der Waals surface area (Å²) in [6, 6.07) is 7.33. The number of carbonyl (C=O) groups is 2. The maximum absolute atomic E-state index is 12.8. The lowest BCUT2D eigenvalue weighted by Crippen LogP contribution is -2.38. The number of rotatable bonds is 7. The fourth-order valence-electron chi connectivity index (χ4n) is 5.16. The summed E-state index contributed by atoms with van der Waals surface area (Å²) in [5, 5.41) is 0. The van der Waals surface area contributed by atoms with Crippen LogP contribution in [0, 0.1) is 5.92 Å². The van der Waals surface area contributed by atoms with Crippen molar-refractivity contribution in [3.05, 3.63) is 41.7 Å². The Morgan fingerprint density at radius 1 is 1.12 bits per heavy atom. The van der Waals surface area contributed by atoms with E-state index in [0.717, 1.165) is 55.1 Å². The van der Waals surface area contributed by atoms with Gasteiger partial charge in [0.05, 0.1) is 5.69 Å². The van der Waals surface area contributed by atoms with Gasteiger partial charge in [-0.15, -0.1) is 0 Å². The van der Waals surface area contributed by atoms with Gasteiger partial charge in [-0.1, -0.05) is 37.8 Å². The van der Waals surface area contributed by atoms with Gasteiger partial charge < -0.3 is 15.5 Å². The maximum Gasteiger partial charge on any atom is 0.248 e. The van der Waals surface area contributed by atoms with Crippen LogP contribution in [0.2, 0.25) is 0 Å². The van der Waals surface area contributed by atoms with Crippen LogP contribution >= 0.6 is 0 Å². The molecule has 0 radical (unpaired) electrons. The molecule has 0 spiro atoms. The molecule has 7 heteroatoms.